The van der Waals surface area contributed by atoms with Crippen molar-refractivity contribution in [2.45, 2.75) is 39.5 Å². The highest BCUT2D eigenvalue weighted by Gasteiger charge is 1.94. The van der Waals surface area contributed by atoms with E-state index in [1.165, 1.54) is 46.8 Å². The average molecular weight is 328 g/mol. The van der Waals surface area contributed by atoms with Gasteiger partial charge in [0, 0.05) is 0 Å². The molecule has 0 nitrogen and oxygen atoms in total. The summed E-state index contributed by atoms with van der Waals surface area (Å²) >= 11 is 2.45. The normalized spacial score (nSPS) is 10.2. The van der Waals surface area contributed by atoms with Crippen molar-refractivity contribution < 1.29 is 0 Å². The zero-order chi connectivity index (χ0) is 11.8. The Kier molecular flexibility index (Phi) is 6.78. The molecule has 1 aromatic carbocycles. The van der Waals surface area contributed by atoms with E-state index in [0.717, 1.165) is 0 Å². The van der Waals surface area contributed by atoms with E-state index >= 15 is 0 Å². The molecule has 0 unspecified atom stereocenters. The fraction of sp³-hybridized carbons (Fsp3) is 0.467. The predicted octanol–water partition coefficient (Wildman–Crippen LogP) is 5.26. The molecule has 0 saturated carbocycles. The minimum Gasteiger partial charge on any atom is -0.0864 e. The Balaban J connectivity index is 2.42. The minimum absolute atomic E-state index is 1.23. The second-order valence-corrected chi connectivity index (χ2v) is 5.54. The fourth-order valence-corrected chi connectivity index (χ4v) is 2.25. The van der Waals surface area contributed by atoms with Crippen LogP contribution in [0, 0.1) is 0 Å². The van der Waals surface area contributed by atoms with Crippen LogP contribution in [0.4, 0.5) is 0 Å². The van der Waals surface area contributed by atoms with Crippen molar-refractivity contribution in [3.05, 3.63) is 41.0 Å². The lowest BCUT2D eigenvalue weighted by Crippen LogP contribution is -1.86. The number of allylic oxidation sites excluding steroid dienone is 1. The predicted molar refractivity (Wildman–Crippen MR) is 82.2 cm³/mol. The summed E-state index contributed by atoms with van der Waals surface area (Å²) in [6.07, 6.45) is 7.49. The molecule has 0 radical (unpaired) electrons. The van der Waals surface area contributed by atoms with Crippen LogP contribution in [-0.2, 0) is 6.42 Å². The van der Waals surface area contributed by atoms with E-state index in [1.54, 1.807) is 0 Å². The molecule has 0 saturated heterocycles. The van der Waals surface area contributed by atoms with Gasteiger partial charge in [-0.25, -0.2) is 0 Å². The molecule has 0 bridgehead atoms. The Bertz CT molecular complexity index is 318. The van der Waals surface area contributed by atoms with Crippen molar-refractivity contribution in [3.63, 3.8) is 0 Å². The summed E-state index contributed by atoms with van der Waals surface area (Å²) in [7, 11) is 0. The van der Waals surface area contributed by atoms with E-state index in [1.807, 2.05) is 0 Å². The molecule has 0 aliphatic rings. The molecular weight excluding hydrogens is 307 g/mol. The van der Waals surface area contributed by atoms with Crippen LogP contribution in [0.15, 0.2) is 29.8 Å². The Labute approximate surface area is 113 Å². The Hall–Kier alpha value is -0.310. The number of alkyl halides is 1. The molecule has 0 atom stereocenters. The molecule has 0 fully saturated rings. The minimum atomic E-state index is 1.23. The Morgan fingerprint density at radius 3 is 2.31 bits per heavy atom. The van der Waals surface area contributed by atoms with Crippen LogP contribution < -0.4 is 0 Å². The number of unbranched alkanes of at least 4 members (excludes halogenated alkanes) is 2. The van der Waals surface area contributed by atoms with Crippen LogP contribution in [0.2, 0.25) is 0 Å². The monoisotopic (exact) mass is 328 g/mol. The average Bonchev–Trinajstić information content (AvgIpc) is 2.26. The molecule has 0 aliphatic carbocycles. The Morgan fingerprint density at radius 1 is 1.06 bits per heavy atom. The van der Waals surface area contributed by atoms with Crippen LogP contribution in [-0.4, -0.2) is 4.43 Å². The number of benzene rings is 1. The summed E-state index contributed by atoms with van der Waals surface area (Å²) in [6, 6.07) is 8.97. The van der Waals surface area contributed by atoms with Gasteiger partial charge in [0.15, 0.2) is 0 Å². The summed E-state index contributed by atoms with van der Waals surface area (Å²) in [4.78, 5) is 0. The standard InChI is InChI=1S/C15H21I/c1-13(2)12-15-9-7-14(8-10-15)6-4-3-5-11-16/h7-10,12H,3-6,11H2,1-2H3. The Morgan fingerprint density at radius 2 is 1.75 bits per heavy atom. The molecule has 1 aromatic rings. The number of hydrogen-bond acceptors (Lipinski definition) is 0. The van der Waals surface area contributed by atoms with Crippen LogP contribution in [0.3, 0.4) is 0 Å². The molecule has 0 aliphatic heterocycles. The third kappa shape index (κ3) is 5.69. The first-order chi connectivity index (χ1) is 7.72. The van der Waals surface area contributed by atoms with Gasteiger partial charge in [0.2, 0.25) is 0 Å². The largest absolute Gasteiger partial charge is 0.0864 e. The topological polar surface area (TPSA) is 0 Å². The zero-order valence-electron chi connectivity index (χ0n) is 10.3. The summed E-state index contributed by atoms with van der Waals surface area (Å²) in [5, 5.41) is 0. The molecule has 0 aromatic heterocycles. The van der Waals surface area contributed by atoms with Crippen molar-refractivity contribution in [2.75, 3.05) is 4.43 Å². The lowest BCUT2D eigenvalue weighted by Gasteiger charge is -2.02. The molecule has 0 heterocycles. The van der Waals surface area contributed by atoms with Crippen molar-refractivity contribution in [2.24, 2.45) is 0 Å². The van der Waals surface area contributed by atoms with Crippen molar-refractivity contribution in [3.8, 4) is 0 Å². The van der Waals surface area contributed by atoms with Gasteiger partial charge < -0.3 is 0 Å². The highest BCUT2D eigenvalue weighted by Crippen LogP contribution is 2.11. The van der Waals surface area contributed by atoms with Crippen LogP contribution >= 0.6 is 22.6 Å². The summed E-state index contributed by atoms with van der Waals surface area (Å²) < 4.78 is 1.29. The number of rotatable bonds is 6. The van der Waals surface area contributed by atoms with E-state index < -0.39 is 0 Å². The first-order valence-corrected chi connectivity index (χ1v) is 7.55. The molecule has 0 spiro atoms. The van der Waals surface area contributed by atoms with E-state index in [0.29, 0.717) is 0 Å². The summed E-state index contributed by atoms with van der Waals surface area (Å²) in [5.41, 5.74) is 4.14. The summed E-state index contributed by atoms with van der Waals surface area (Å²) in [5.74, 6) is 0. The zero-order valence-corrected chi connectivity index (χ0v) is 12.5. The molecule has 16 heavy (non-hydrogen) atoms. The van der Waals surface area contributed by atoms with Gasteiger partial charge in [-0.15, -0.1) is 0 Å². The fourth-order valence-electron chi connectivity index (χ4n) is 1.71. The molecular formula is C15H21I. The maximum atomic E-state index is 2.45. The van der Waals surface area contributed by atoms with Crippen LogP contribution in [0.5, 0.6) is 0 Å². The van der Waals surface area contributed by atoms with Crippen molar-refractivity contribution >= 4 is 28.7 Å². The second kappa shape index (κ2) is 7.88. The van der Waals surface area contributed by atoms with Gasteiger partial charge in [-0.05, 0) is 48.7 Å². The number of aryl methyl sites for hydroxylation is 1. The van der Waals surface area contributed by atoms with E-state index in [-0.39, 0.29) is 0 Å². The van der Waals surface area contributed by atoms with Gasteiger partial charge in [-0.1, -0.05) is 64.9 Å². The van der Waals surface area contributed by atoms with Crippen molar-refractivity contribution in [1.29, 1.82) is 0 Å². The quantitative estimate of drug-likeness (QED) is 0.380. The maximum absolute atomic E-state index is 2.45. The lowest BCUT2D eigenvalue weighted by molar-refractivity contribution is 0.727. The van der Waals surface area contributed by atoms with Gasteiger partial charge in [-0.2, -0.15) is 0 Å². The maximum Gasteiger partial charge on any atom is -0.000473 e. The molecule has 1 rings (SSSR count). The second-order valence-electron chi connectivity index (χ2n) is 4.46. The van der Waals surface area contributed by atoms with Gasteiger partial charge in [0.1, 0.15) is 0 Å². The van der Waals surface area contributed by atoms with Gasteiger partial charge >= 0.3 is 0 Å². The molecule has 0 amide bonds. The van der Waals surface area contributed by atoms with Gasteiger partial charge in [0.05, 0.1) is 0 Å². The van der Waals surface area contributed by atoms with Gasteiger partial charge in [0.25, 0.3) is 0 Å². The smallest absolute Gasteiger partial charge is 0.000473 e. The number of hydrogen-bond donors (Lipinski definition) is 0. The summed E-state index contributed by atoms with van der Waals surface area (Å²) in [6.45, 7) is 4.27. The van der Waals surface area contributed by atoms with Crippen molar-refractivity contribution in [1.82, 2.24) is 0 Å². The third-order valence-electron chi connectivity index (χ3n) is 2.53. The molecule has 88 valence electrons. The molecule has 1 heteroatoms. The van der Waals surface area contributed by atoms with Crippen LogP contribution in [0.25, 0.3) is 6.08 Å². The SMILES string of the molecule is CC(C)=Cc1ccc(CCCCCI)cc1. The van der Waals surface area contributed by atoms with E-state index in [4.69, 9.17) is 0 Å². The highest BCUT2D eigenvalue weighted by atomic mass is 127. The van der Waals surface area contributed by atoms with Gasteiger partial charge in [-0.3, -0.25) is 0 Å². The molecule has 0 N–H and O–H groups in total. The first-order valence-electron chi connectivity index (χ1n) is 6.02. The highest BCUT2D eigenvalue weighted by molar-refractivity contribution is 14.1. The van der Waals surface area contributed by atoms with Crippen LogP contribution in [0.1, 0.15) is 44.2 Å². The third-order valence-corrected chi connectivity index (χ3v) is 3.30. The first kappa shape index (κ1) is 13.8. The lowest BCUT2D eigenvalue weighted by atomic mass is 10.0. The van der Waals surface area contributed by atoms with E-state index in [9.17, 15) is 0 Å². The van der Waals surface area contributed by atoms with E-state index in [2.05, 4.69) is 66.8 Å². The number of halogens is 1.